The third-order valence-corrected chi connectivity index (χ3v) is 3.21. The van der Waals surface area contributed by atoms with E-state index in [2.05, 4.69) is 10.3 Å². The molecule has 0 radical (unpaired) electrons. The largest absolute Gasteiger partial charge is 0.445 e. The molecule has 1 heterocycles. The SMILES string of the molecule is Cc1oc(C(C)C)nc1C(=O)NC1CCCC1. The molecule has 1 amide bonds. The summed E-state index contributed by atoms with van der Waals surface area (Å²) in [4.78, 5) is 16.3. The van der Waals surface area contributed by atoms with Gasteiger partial charge in [-0.25, -0.2) is 4.98 Å². The Bertz CT molecular complexity index is 404. The number of rotatable bonds is 3. The molecule has 1 aliphatic carbocycles. The lowest BCUT2D eigenvalue weighted by Gasteiger charge is -2.10. The van der Waals surface area contributed by atoms with Gasteiger partial charge in [-0.15, -0.1) is 0 Å². The molecule has 17 heavy (non-hydrogen) atoms. The van der Waals surface area contributed by atoms with Crippen molar-refractivity contribution in [3.63, 3.8) is 0 Å². The fourth-order valence-electron chi connectivity index (χ4n) is 2.20. The maximum absolute atomic E-state index is 12.0. The van der Waals surface area contributed by atoms with E-state index in [0.29, 0.717) is 23.4 Å². The molecule has 1 aromatic rings. The third kappa shape index (κ3) is 2.68. The van der Waals surface area contributed by atoms with E-state index in [4.69, 9.17) is 4.42 Å². The van der Waals surface area contributed by atoms with Crippen LogP contribution in [0.1, 0.15) is 67.6 Å². The molecule has 94 valence electrons. The molecular formula is C13H20N2O2. The van der Waals surface area contributed by atoms with E-state index < -0.39 is 0 Å². The number of carbonyl (C=O) groups is 1. The highest BCUT2D eigenvalue weighted by atomic mass is 16.4. The maximum Gasteiger partial charge on any atom is 0.273 e. The molecule has 0 spiro atoms. The highest BCUT2D eigenvalue weighted by molar-refractivity contribution is 5.93. The molecular weight excluding hydrogens is 216 g/mol. The van der Waals surface area contributed by atoms with Crippen molar-refractivity contribution in [3.8, 4) is 0 Å². The molecule has 4 nitrogen and oxygen atoms in total. The van der Waals surface area contributed by atoms with Crippen LogP contribution in [0.15, 0.2) is 4.42 Å². The normalized spacial score (nSPS) is 16.7. The summed E-state index contributed by atoms with van der Waals surface area (Å²) in [5, 5.41) is 3.03. The highest BCUT2D eigenvalue weighted by Gasteiger charge is 2.22. The molecule has 0 saturated heterocycles. The predicted octanol–water partition coefficient (Wildman–Crippen LogP) is 2.78. The second-order valence-corrected chi connectivity index (χ2v) is 5.07. The minimum atomic E-state index is -0.0925. The van der Waals surface area contributed by atoms with Gasteiger partial charge in [0.05, 0.1) is 0 Å². The Balaban J connectivity index is 2.07. The Morgan fingerprint density at radius 3 is 2.59 bits per heavy atom. The van der Waals surface area contributed by atoms with Gasteiger partial charge in [-0.2, -0.15) is 0 Å². The minimum Gasteiger partial charge on any atom is -0.445 e. The standard InChI is InChI=1S/C13H20N2O2/c1-8(2)13-15-11(9(3)17-13)12(16)14-10-6-4-5-7-10/h8,10H,4-7H2,1-3H3,(H,14,16). The van der Waals surface area contributed by atoms with Crippen molar-refractivity contribution in [2.24, 2.45) is 0 Å². The van der Waals surface area contributed by atoms with Crippen LogP contribution in [0.3, 0.4) is 0 Å². The van der Waals surface area contributed by atoms with Gasteiger partial charge in [0.25, 0.3) is 5.91 Å². The number of hydrogen-bond donors (Lipinski definition) is 1. The fourth-order valence-corrected chi connectivity index (χ4v) is 2.20. The summed E-state index contributed by atoms with van der Waals surface area (Å²) in [6, 6.07) is 0.320. The summed E-state index contributed by atoms with van der Waals surface area (Å²) in [5.41, 5.74) is 0.445. The van der Waals surface area contributed by atoms with E-state index in [1.54, 1.807) is 6.92 Å². The van der Waals surface area contributed by atoms with Gasteiger partial charge in [-0.05, 0) is 19.8 Å². The second-order valence-electron chi connectivity index (χ2n) is 5.07. The van der Waals surface area contributed by atoms with Crippen LogP contribution in [-0.4, -0.2) is 16.9 Å². The molecule has 0 bridgehead atoms. The summed E-state index contributed by atoms with van der Waals surface area (Å²) in [5.74, 6) is 1.37. The van der Waals surface area contributed by atoms with Gasteiger partial charge in [0.1, 0.15) is 5.76 Å². The number of nitrogens with zero attached hydrogens (tertiary/aromatic N) is 1. The molecule has 0 atom stereocenters. The van der Waals surface area contributed by atoms with Crippen LogP contribution in [0.25, 0.3) is 0 Å². The molecule has 1 saturated carbocycles. The number of amides is 1. The quantitative estimate of drug-likeness (QED) is 0.878. The summed E-state index contributed by atoms with van der Waals surface area (Å²) in [6.07, 6.45) is 4.58. The Hall–Kier alpha value is -1.32. The lowest BCUT2D eigenvalue weighted by atomic mass is 10.2. The number of carbonyl (C=O) groups excluding carboxylic acids is 1. The van der Waals surface area contributed by atoms with Gasteiger partial charge in [-0.3, -0.25) is 4.79 Å². The maximum atomic E-state index is 12.0. The van der Waals surface area contributed by atoms with Crippen molar-refractivity contribution < 1.29 is 9.21 Å². The zero-order valence-electron chi connectivity index (χ0n) is 10.7. The zero-order chi connectivity index (χ0) is 12.4. The van der Waals surface area contributed by atoms with E-state index in [9.17, 15) is 4.79 Å². The van der Waals surface area contributed by atoms with Crippen LogP contribution in [0.5, 0.6) is 0 Å². The van der Waals surface area contributed by atoms with Crippen LogP contribution in [0, 0.1) is 6.92 Å². The Kier molecular flexibility index (Phi) is 3.50. The van der Waals surface area contributed by atoms with Crippen molar-refractivity contribution in [1.82, 2.24) is 10.3 Å². The van der Waals surface area contributed by atoms with Gasteiger partial charge >= 0.3 is 0 Å². The highest BCUT2D eigenvalue weighted by Crippen LogP contribution is 2.20. The molecule has 1 fully saturated rings. The van der Waals surface area contributed by atoms with Gasteiger partial charge in [0, 0.05) is 12.0 Å². The molecule has 1 N–H and O–H groups in total. The van der Waals surface area contributed by atoms with E-state index >= 15 is 0 Å². The lowest BCUT2D eigenvalue weighted by Crippen LogP contribution is -2.33. The molecule has 0 aromatic carbocycles. The number of oxazole rings is 1. The summed E-state index contributed by atoms with van der Waals surface area (Å²) in [7, 11) is 0. The van der Waals surface area contributed by atoms with Gasteiger partial charge in [0.15, 0.2) is 11.6 Å². The van der Waals surface area contributed by atoms with Crippen LogP contribution < -0.4 is 5.32 Å². The first-order valence-corrected chi connectivity index (χ1v) is 6.36. The Morgan fingerprint density at radius 1 is 1.41 bits per heavy atom. The first-order valence-electron chi connectivity index (χ1n) is 6.36. The molecule has 0 unspecified atom stereocenters. The van der Waals surface area contributed by atoms with Crippen LogP contribution in [0.2, 0.25) is 0 Å². The van der Waals surface area contributed by atoms with Gasteiger partial charge < -0.3 is 9.73 Å². The summed E-state index contributed by atoms with van der Waals surface area (Å²) >= 11 is 0. The third-order valence-electron chi connectivity index (χ3n) is 3.21. The molecule has 4 heteroatoms. The Morgan fingerprint density at radius 2 is 2.06 bits per heavy atom. The summed E-state index contributed by atoms with van der Waals surface area (Å²) < 4.78 is 5.49. The number of aromatic nitrogens is 1. The molecule has 2 rings (SSSR count). The van der Waals surface area contributed by atoms with E-state index in [1.165, 1.54) is 12.8 Å². The topological polar surface area (TPSA) is 55.1 Å². The fraction of sp³-hybridized carbons (Fsp3) is 0.692. The molecule has 1 aliphatic rings. The van der Waals surface area contributed by atoms with Crippen molar-refractivity contribution in [1.29, 1.82) is 0 Å². The first-order chi connectivity index (χ1) is 8.08. The van der Waals surface area contributed by atoms with Crippen molar-refractivity contribution in [2.75, 3.05) is 0 Å². The predicted molar refractivity (Wildman–Crippen MR) is 65.1 cm³/mol. The molecule has 0 aliphatic heterocycles. The number of hydrogen-bond acceptors (Lipinski definition) is 3. The smallest absolute Gasteiger partial charge is 0.273 e. The first kappa shape index (κ1) is 12.1. The number of aryl methyl sites for hydroxylation is 1. The van der Waals surface area contributed by atoms with Crippen molar-refractivity contribution >= 4 is 5.91 Å². The zero-order valence-corrected chi connectivity index (χ0v) is 10.7. The van der Waals surface area contributed by atoms with Crippen molar-refractivity contribution in [3.05, 3.63) is 17.3 Å². The number of nitrogens with one attached hydrogen (secondary N) is 1. The van der Waals surface area contributed by atoms with Gasteiger partial charge in [0.2, 0.25) is 0 Å². The van der Waals surface area contributed by atoms with Crippen LogP contribution in [0.4, 0.5) is 0 Å². The van der Waals surface area contributed by atoms with Crippen molar-refractivity contribution in [2.45, 2.75) is 58.4 Å². The molecule has 1 aromatic heterocycles. The average molecular weight is 236 g/mol. The average Bonchev–Trinajstić information content (AvgIpc) is 2.86. The summed E-state index contributed by atoms with van der Waals surface area (Å²) in [6.45, 7) is 5.80. The second kappa shape index (κ2) is 4.90. The van der Waals surface area contributed by atoms with Crippen LogP contribution in [-0.2, 0) is 0 Å². The Labute approximate surface area is 102 Å². The lowest BCUT2D eigenvalue weighted by molar-refractivity contribution is 0.0932. The van der Waals surface area contributed by atoms with E-state index in [-0.39, 0.29) is 11.8 Å². The minimum absolute atomic E-state index is 0.0925. The van der Waals surface area contributed by atoms with E-state index in [0.717, 1.165) is 12.8 Å². The van der Waals surface area contributed by atoms with E-state index in [1.807, 2.05) is 13.8 Å². The monoisotopic (exact) mass is 236 g/mol. The van der Waals surface area contributed by atoms with Gasteiger partial charge in [-0.1, -0.05) is 26.7 Å². The van der Waals surface area contributed by atoms with Crippen LogP contribution >= 0.6 is 0 Å².